The van der Waals surface area contributed by atoms with Crippen molar-refractivity contribution in [1.82, 2.24) is 25.2 Å². The molecule has 4 atom stereocenters. The number of hydrogen-bond donors (Lipinski definition) is 2. The number of aromatic nitrogens is 3. The molecule has 0 saturated carbocycles. The number of thiophene rings is 1. The minimum Gasteiger partial charge on any atom is -0.481 e. The van der Waals surface area contributed by atoms with Crippen LogP contribution in [0.5, 0.6) is 11.9 Å². The summed E-state index contributed by atoms with van der Waals surface area (Å²) in [7, 11) is 1.42. The van der Waals surface area contributed by atoms with Gasteiger partial charge in [0, 0.05) is 58.8 Å². The van der Waals surface area contributed by atoms with Crippen LogP contribution in [0, 0.1) is 0 Å². The van der Waals surface area contributed by atoms with Gasteiger partial charge in [0.05, 0.1) is 28.7 Å². The zero-order valence-electron chi connectivity index (χ0n) is 25.0. The molecule has 244 valence electrons. The third kappa shape index (κ3) is 4.82. The first kappa shape index (κ1) is 30.2. The van der Waals surface area contributed by atoms with E-state index in [2.05, 4.69) is 15.1 Å². The lowest BCUT2D eigenvalue weighted by molar-refractivity contribution is -0.135. The van der Waals surface area contributed by atoms with Crippen molar-refractivity contribution >= 4 is 54.9 Å². The van der Waals surface area contributed by atoms with Gasteiger partial charge in [-0.15, -0.1) is 11.3 Å². The number of pyridine rings is 1. The third-order valence-corrected chi connectivity index (χ3v) is 11.2. The van der Waals surface area contributed by atoms with Crippen LogP contribution in [0.1, 0.15) is 37.7 Å². The monoisotopic (exact) mass is 677 g/mol. The number of piperazine rings is 1. The molecule has 8 rings (SSSR count). The van der Waals surface area contributed by atoms with Gasteiger partial charge in [-0.05, 0) is 56.0 Å². The number of nitrogens with one attached hydrogen (secondary N) is 1. The first-order valence-electron chi connectivity index (χ1n) is 15.4. The molecule has 4 aliphatic heterocycles. The highest BCUT2D eigenvalue weighted by atomic mass is 35.5. The first-order valence-corrected chi connectivity index (χ1v) is 16.6. The molecule has 3 aromatic heterocycles. The quantitative estimate of drug-likeness (QED) is 0.236. The molecule has 0 amide bonds. The summed E-state index contributed by atoms with van der Waals surface area (Å²) in [5, 5.41) is 3.29. The van der Waals surface area contributed by atoms with Crippen LogP contribution in [0.2, 0.25) is 5.02 Å². The van der Waals surface area contributed by atoms with Gasteiger partial charge in [0.2, 0.25) is 5.88 Å². The molecule has 7 heterocycles. The Hall–Kier alpha value is -3.20. The maximum absolute atomic E-state index is 14.5. The van der Waals surface area contributed by atoms with Gasteiger partial charge in [-0.3, -0.25) is 4.90 Å². The van der Waals surface area contributed by atoms with E-state index in [1.54, 1.807) is 6.07 Å². The molecule has 4 fully saturated rings. The number of nitrogen functional groups attached to an aromatic ring is 1. The van der Waals surface area contributed by atoms with Crippen molar-refractivity contribution in [3.8, 4) is 23.0 Å². The number of fused-ring (bicyclic) bond motifs is 5. The molecular formula is C31H32ClF4N7O2S. The van der Waals surface area contributed by atoms with Crippen LogP contribution in [-0.4, -0.2) is 83.5 Å². The van der Waals surface area contributed by atoms with Crippen LogP contribution in [0.25, 0.3) is 32.2 Å². The number of anilines is 2. The summed E-state index contributed by atoms with van der Waals surface area (Å²) in [6.45, 7) is 3.02. The van der Waals surface area contributed by atoms with Crippen LogP contribution >= 0.6 is 22.9 Å². The van der Waals surface area contributed by atoms with Crippen LogP contribution in [-0.2, 0) is 6.18 Å². The van der Waals surface area contributed by atoms with Crippen molar-refractivity contribution in [1.29, 1.82) is 0 Å². The Balaban J connectivity index is 1.31. The summed E-state index contributed by atoms with van der Waals surface area (Å²) >= 11 is 7.27. The molecule has 2 unspecified atom stereocenters. The number of nitrogens with two attached hydrogens (primary N) is 1. The molecule has 15 heteroatoms. The number of nitrogens with zero attached hydrogens (tertiary/aromatic N) is 5. The summed E-state index contributed by atoms with van der Waals surface area (Å²) in [6, 6.07) is 5.08. The topological polar surface area (TPSA) is 102 Å². The molecule has 1 aromatic carbocycles. The van der Waals surface area contributed by atoms with Gasteiger partial charge in [0.15, 0.2) is 5.82 Å². The van der Waals surface area contributed by atoms with Gasteiger partial charge in [-0.2, -0.15) is 23.1 Å². The molecule has 4 saturated heterocycles. The van der Waals surface area contributed by atoms with E-state index in [-0.39, 0.29) is 57.1 Å². The Morgan fingerprint density at radius 3 is 2.65 bits per heavy atom. The van der Waals surface area contributed by atoms with E-state index < -0.39 is 23.5 Å². The fourth-order valence-electron chi connectivity index (χ4n) is 8.08. The van der Waals surface area contributed by atoms with Crippen LogP contribution in [0.15, 0.2) is 18.2 Å². The zero-order chi connectivity index (χ0) is 32.0. The molecule has 4 aromatic rings. The summed E-state index contributed by atoms with van der Waals surface area (Å²) < 4.78 is 69.8. The zero-order valence-corrected chi connectivity index (χ0v) is 26.5. The molecule has 46 heavy (non-hydrogen) atoms. The fraction of sp³-hybridized carbons (Fsp3) is 0.516. The van der Waals surface area contributed by atoms with Crippen LogP contribution in [0.3, 0.4) is 0 Å². The van der Waals surface area contributed by atoms with Crippen molar-refractivity contribution in [2.75, 3.05) is 50.5 Å². The lowest BCUT2D eigenvalue weighted by atomic mass is 9.95. The largest absolute Gasteiger partial charge is 0.481 e. The van der Waals surface area contributed by atoms with Gasteiger partial charge < -0.3 is 25.4 Å². The summed E-state index contributed by atoms with van der Waals surface area (Å²) in [5.41, 5.74) is 5.88. The minimum atomic E-state index is -4.70. The van der Waals surface area contributed by atoms with Crippen molar-refractivity contribution in [2.45, 2.75) is 62.1 Å². The summed E-state index contributed by atoms with van der Waals surface area (Å²) in [6.07, 6.45) is -1.46. The van der Waals surface area contributed by atoms with Crippen LogP contribution < -0.4 is 25.4 Å². The van der Waals surface area contributed by atoms with Gasteiger partial charge in [0.1, 0.15) is 18.3 Å². The van der Waals surface area contributed by atoms with E-state index in [0.717, 1.165) is 56.7 Å². The molecule has 0 radical (unpaired) electrons. The molecule has 3 N–H and O–H groups in total. The van der Waals surface area contributed by atoms with E-state index in [4.69, 9.17) is 41.8 Å². The molecule has 4 aliphatic rings. The van der Waals surface area contributed by atoms with E-state index >= 15 is 0 Å². The maximum atomic E-state index is 14.5. The number of alkyl halides is 4. The van der Waals surface area contributed by atoms with E-state index in [0.29, 0.717) is 34.5 Å². The van der Waals surface area contributed by atoms with Gasteiger partial charge in [0.25, 0.3) is 0 Å². The second-order valence-electron chi connectivity index (χ2n) is 12.7. The fourth-order valence-corrected chi connectivity index (χ4v) is 9.42. The Morgan fingerprint density at radius 2 is 1.91 bits per heavy atom. The van der Waals surface area contributed by atoms with E-state index in [1.807, 2.05) is 0 Å². The lowest BCUT2D eigenvalue weighted by Gasteiger charge is -2.36. The van der Waals surface area contributed by atoms with Gasteiger partial charge in [-0.25, -0.2) is 9.37 Å². The minimum absolute atomic E-state index is 0.0767. The first-order chi connectivity index (χ1) is 22.0. The second kappa shape index (κ2) is 10.9. The highest BCUT2D eigenvalue weighted by Crippen LogP contribution is 2.50. The number of halogens is 5. The van der Waals surface area contributed by atoms with E-state index in [9.17, 15) is 17.6 Å². The average Bonchev–Trinajstić information content (AvgIpc) is 3.71. The smallest absolute Gasteiger partial charge is 0.419 e. The highest BCUT2D eigenvalue weighted by molar-refractivity contribution is 7.23. The lowest BCUT2D eigenvalue weighted by Crippen LogP contribution is -2.52. The SMILES string of the molecule is COc1nc2c(N3C4CCC3CNC4)nc(OC[C@@]34CCCN3C[C@H](F)C4)nc2cc1-c1cc(Cl)cc2sc(N)c(C(F)(F)F)c12. The third-order valence-electron chi connectivity index (χ3n) is 10.0. The molecule has 2 bridgehead atoms. The van der Waals surface area contributed by atoms with Gasteiger partial charge >= 0.3 is 12.2 Å². The van der Waals surface area contributed by atoms with Crippen molar-refractivity contribution in [2.24, 2.45) is 0 Å². The summed E-state index contributed by atoms with van der Waals surface area (Å²) in [5.74, 6) is 0.691. The Kier molecular flexibility index (Phi) is 7.16. The number of rotatable bonds is 6. The average molecular weight is 678 g/mol. The van der Waals surface area contributed by atoms with E-state index in [1.165, 1.54) is 19.2 Å². The number of hydrogen-bond acceptors (Lipinski definition) is 10. The molecule has 9 nitrogen and oxygen atoms in total. The Morgan fingerprint density at radius 1 is 1.13 bits per heavy atom. The number of methoxy groups -OCH3 is 1. The summed E-state index contributed by atoms with van der Waals surface area (Å²) in [4.78, 5) is 18.9. The van der Waals surface area contributed by atoms with Crippen LogP contribution in [0.4, 0.5) is 28.4 Å². The number of ether oxygens (including phenoxy) is 2. The molecule has 0 spiro atoms. The molecule has 0 aliphatic carbocycles. The predicted octanol–water partition coefficient (Wildman–Crippen LogP) is 6.07. The Bertz CT molecular complexity index is 1840. The Labute approximate surface area is 271 Å². The standard InChI is InChI=1S/C31H32ClF4N7O2S/c1-44-28-20(19-7-15(32)8-22-23(19)24(26(37)46-22)31(34,35)36)9-21-25(40-28)27(43-17-3-4-18(43)12-38-11-17)41-29(39-21)45-14-30-5-2-6-42(30)13-16(33)10-30/h7-9,16-18,38H,2-6,10-14,37H2,1H3/t16-,17?,18?,30+/m1/s1. The normalized spacial score (nSPS) is 26.4. The van der Waals surface area contributed by atoms with Crippen molar-refractivity contribution in [3.05, 3.63) is 28.8 Å². The number of benzene rings is 1. The second-order valence-corrected chi connectivity index (χ2v) is 14.2. The predicted molar refractivity (Wildman–Crippen MR) is 170 cm³/mol. The maximum Gasteiger partial charge on any atom is 0.419 e. The molecular weight excluding hydrogens is 646 g/mol. The van der Waals surface area contributed by atoms with Crippen molar-refractivity contribution in [3.63, 3.8) is 0 Å². The van der Waals surface area contributed by atoms with Gasteiger partial charge in [-0.1, -0.05) is 11.6 Å². The van der Waals surface area contributed by atoms with Crippen molar-refractivity contribution < 1.29 is 27.0 Å². The highest BCUT2D eigenvalue weighted by Gasteiger charge is 2.49.